The van der Waals surface area contributed by atoms with Crippen molar-refractivity contribution in [3.8, 4) is 11.8 Å². The van der Waals surface area contributed by atoms with E-state index in [0.29, 0.717) is 11.1 Å². The van der Waals surface area contributed by atoms with Gasteiger partial charge >= 0.3 is 5.97 Å². The summed E-state index contributed by atoms with van der Waals surface area (Å²) in [5.74, 6) is -2.00. The fourth-order valence-corrected chi connectivity index (χ4v) is 4.04. The van der Waals surface area contributed by atoms with Crippen LogP contribution in [0.1, 0.15) is 31.1 Å². The van der Waals surface area contributed by atoms with Crippen molar-refractivity contribution in [2.45, 2.75) is 26.6 Å². The Kier molecular flexibility index (Phi) is 7.17. The average molecular weight is 555 g/mol. The molecule has 1 aliphatic rings. The summed E-state index contributed by atoms with van der Waals surface area (Å²) in [6.07, 6.45) is 0.682. The first kappa shape index (κ1) is 23.4. The number of carbonyl (C=O) groups excluding carboxylic acids is 1. The van der Waals surface area contributed by atoms with Gasteiger partial charge in [-0.3, -0.25) is 4.79 Å². The van der Waals surface area contributed by atoms with Crippen LogP contribution < -0.4 is 4.74 Å². The van der Waals surface area contributed by atoms with Gasteiger partial charge in [0.05, 0.1) is 9.31 Å². The largest absolute Gasteiger partial charge is 0.486 e. The maximum atomic E-state index is 14.2. The summed E-state index contributed by atoms with van der Waals surface area (Å²) < 4.78 is 38.9. The summed E-state index contributed by atoms with van der Waals surface area (Å²) in [6.45, 7) is 3.91. The molecule has 3 atom stereocenters. The van der Waals surface area contributed by atoms with Crippen LogP contribution in [0.3, 0.4) is 0 Å². The first-order valence-corrected chi connectivity index (χ1v) is 11.0. The molecule has 1 saturated carbocycles. The average Bonchev–Trinajstić information content (AvgIpc) is 3.25. The van der Waals surface area contributed by atoms with Crippen molar-refractivity contribution < 1.29 is 23.0 Å². The fraction of sp³-hybridized carbons (Fsp3) is 0.304. The van der Waals surface area contributed by atoms with E-state index < -0.39 is 17.9 Å². The molecule has 2 aromatic rings. The Bertz CT molecular complexity index is 1040. The third-order valence-electron chi connectivity index (χ3n) is 5.39. The molecule has 1 fully saturated rings. The Morgan fingerprint density at radius 3 is 2.52 bits per heavy atom. The lowest BCUT2D eigenvalue weighted by atomic mass is 10.1. The van der Waals surface area contributed by atoms with E-state index in [4.69, 9.17) is 9.47 Å². The highest BCUT2D eigenvalue weighted by atomic mass is 79.9. The van der Waals surface area contributed by atoms with Gasteiger partial charge in [-0.25, -0.2) is 8.78 Å². The van der Waals surface area contributed by atoms with Crippen LogP contribution in [0.4, 0.5) is 8.78 Å². The van der Waals surface area contributed by atoms with Crippen LogP contribution in [0.15, 0.2) is 51.9 Å². The van der Waals surface area contributed by atoms with Crippen molar-refractivity contribution >= 4 is 37.8 Å². The molecule has 8 heteroatoms. The predicted molar refractivity (Wildman–Crippen MR) is 118 cm³/mol. The van der Waals surface area contributed by atoms with Crippen molar-refractivity contribution in [1.29, 1.82) is 5.26 Å². The highest BCUT2D eigenvalue weighted by Gasteiger charge is 2.61. The zero-order valence-corrected chi connectivity index (χ0v) is 19.9. The molecule has 0 aliphatic heterocycles. The third-order valence-corrected chi connectivity index (χ3v) is 5.92. The molecule has 0 N–H and O–H groups in total. The quantitative estimate of drug-likeness (QED) is 0.364. The molecule has 3 rings (SSSR count). The van der Waals surface area contributed by atoms with Gasteiger partial charge in [-0.2, -0.15) is 5.26 Å². The number of carbonyl (C=O) groups is 1. The molecule has 31 heavy (non-hydrogen) atoms. The fourth-order valence-electron chi connectivity index (χ4n) is 3.47. The van der Waals surface area contributed by atoms with Crippen molar-refractivity contribution in [2.24, 2.45) is 17.3 Å². The van der Waals surface area contributed by atoms with E-state index >= 15 is 0 Å². The van der Waals surface area contributed by atoms with Gasteiger partial charge in [-0.1, -0.05) is 38.1 Å². The normalized spacial score (nSPS) is 19.6. The molecule has 162 valence electrons. The van der Waals surface area contributed by atoms with Crippen LogP contribution in [-0.2, 0) is 16.1 Å². The third kappa shape index (κ3) is 5.52. The first-order valence-electron chi connectivity index (χ1n) is 9.43. The standard InChI is InChI=1S/C23H19Br2F2NO3/c1-23(2)16(10-20(24)25)21(23)22(29)31-19(11-28)14-5-8-17(27)18(9-14)30-12-13-3-6-15(26)7-4-13/h3-10,16,19,21H,12H2,1-2H3/t16-,19?,21-/m0/s1. The molecule has 1 unspecified atom stereocenters. The van der Waals surface area contributed by atoms with Crippen molar-refractivity contribution in [1.82, 2.24) is 0 Å². The van der Waals surface area contributed by atoms with Crippen molar-refractivity contribution in [2.75, 3.05) is 0 Å². The second-order valence-electron chi connectivity index (χ2n) is 7.83. The molecule has 1 aliphatic carbocycles. The molecule has 0 amide bonds. The molecule has 0 heterocycles. The summed E-state index contributed by atoms with van der Waals surface area (Å²) in [5.41, 5.74) is 0.664. The molecule has 0 radical (unpaired) electrons. The SMILES string of the molecule is CC1(C)[C@H](C(=O)OC(C#N)c2ccc(F)c(OCc3ccc(F)cc3)c2)[C@@H]1C=C(Br)Br. The Morgan fingerprint density at radius 2 is 1.90 bits per heavy atom. The second-order valence-corrected chi connectivity index (χ2v) is 10.6. The molecule has 0 aromatic heterocycles. The topological polar surface area (TPSA) is 59.3 Å². The number of benzene rings is 2. The van der Waals surface area contributed by atoms with Crippen molar-refractivity contribution in [3.63, 3.8) is 0 Å². The highest BCUT2D eigenvalue weighted by Crippen LogP contribution is 2.60. The lowest BCUT2D eigenvalue weighted by Crippen LogP contribution is -2.14. The van der Waals surface area contributed by atoms with E-state index in [9.17, 15) is 18.8 Å². The summed E-state index contributed by atoms with van der Waals surface area (Å²) >= 11 is 6.60. The Balaban J connectivity index is 1.71. The lowest BCUT2D eigenvalue weighted by Gasteiger charge is -2.14. The van der Waals surface area contributed by atoms with E-state index in [1.54, 1.807) is 0 Å². The van der Waals surface area contributed by atoms with Crippen molar-refractivity contribution in [3.05, 3.63) is 74.7 Å². The highest BCUT2D eigenvalue weighted by molar-refractivity contribution is 9.28. The molecule has 0 bridgehead atoms. The second kappa shape index (κ2) is 9.49. The number of nitrogens with zero attached hydrogens (tertiary/aromatic N) is 1. The monoisotopic (exact) mass is 553 g/mol. The van der Waals surface area contributed by atoms with E-state index in [1.807, 2.05) is 26.0 Å². The van der Waals surface area contributed by atoms with Gasteiger partial charge in [-0.15, -0.1) is 0 Å². The lowest BCUT2D eigenvalue weighted by molar-refractivity contribution is -0.149. The Hall–Kier alpha value is -2.24. The minimum absolute atomic E-state index is 0.0172. The van der Waals surface area contributed by atoms with Gasteiger partial charge in [0.25, 0.3) is 0 Å². The minimum Gasteiger partial charge on any atom is -0.486 e. The Morgan fingerprint density at radius 1 is 1.23 bits per heavy atom. The number of halogens is 4. The first-order chi connectivity index (χ1) is 14.6. The van der Waals surface area contributed by atoms with Crippen LogP contribution in [0.5, 0.6) is 5.75 Å². The van der Waals surface area contributed by atoms with Gasteiger partial charge < -0.3 is 9.47 Å². The number of allylic oxidation sites excluding steroid dienone is 1. The zero-order chi connectivity index (χ0) is 22.8. The molecule has 0 spiro atoms. The number of hydrogen-bond donors (Lipinski definition) is 0. The number of nitriles is 1. The van der Waals surface area contributed by atoms with E-state index in [1.165, 1.54) is 36.4 Å². The van der Waals surface area contributed by atoms with Crippen LogP contribution in [0, 0.1) is 40.2 Å². The van der Waals surface area contributed by atoms with E-state index in [0.717, 1.165) is 9.46 Å². The van der Waals surface area contributed by atoms with Gasteiger partial charge in [0.1, 0.15) is 18.5 Å². The maximum absolute atomic E-state index is 14.2. The van der Waals surface area contributed by atoms with E-state index in [-0.39, 0.29) is 35.4 Å². The number of ether oxygens (including phenoxy) is 2. The molecule has 4 nitrogen and oxygen atoms in total. The number of rotatable bonds is 7. The van der Waals surface area contributed by atoms with Gasteiger partial charge in [0, 0.05) is 5.56 Å². The molecule has 2 aromatic carbocycles. The van der Waals surface area contributed by atoms with Gasteiger partial charge in [0.2, 0.25) is 6.10 Å². The predicted octanol–water partition coefficient (Wildman–Crippen LogP) is 6.56. The van der Waals surface area contributed by atoms with Crippen LogP contribution in [0.25, 0.3) is 0 Å². The molecular formula is C23H19Br2F2NO3. The van der Waals surface area contributed by atoms with E-state index in [2.05, 4.69) is 31.9 Å². The van der Waals surface area contributed by atoms with Crippen LogP contribution in [-0.4, -0.2) is 5.97 Å². The maximum Gasteiger partial charge on any atom is 0.311 e. The minimum atomic E-state index is -1.20. The van der Waals surface area contributed by atoms with Gasteiger partial charge in [-0.05, 0) is 73.0 Å². The molecule has 0 saturated heterocycles. The molecular weight excluding hydrogens is 536 g/mol. The Labute approximate surface area is 196 Å². The van der Waals surface area contributed by atoms with Gasteiger partial charge in [0.15, 0.2) is 11.6 Å². The summed E-state index contributed by atoms with van der Waals surface area (Å²) in [7, 11) is 0. The van der Waals surface area contributed by atoms with Crippen LogP contribution in [0.2, 0.25) is 0 Å². The summed E-state index contributed by atoms with van der Waals surface area (Å²) in [6, 6.07) is 11.5. The smallest absolute Gasteiger partial charge is 0.311 e. The number of esters is 1. The van der Waals surface area contributed by atoms with Crippen LogP contribution >= 0.6 is 31.9 Å². The summed E-state index contributed by atoms with van der Waals surface area (Å²) in [5, 5.41) is 9.54. The zero-order valence-electron chi connectivity index (χ0n) is 16.7. The number of hydrogen-bond acceptors (Lipinski definition) is 4. The summed E-state index contributed by atoms with van der Waals surface area (Å²) in [4.78, 5) is 12.7.